The van der Waals surface area contributed by atoms with Gasteiger partial charge in [0.05, 0.1) is 18.7 Å². The summed E-state index contributed by atoms with van der Waals surface area (Å²) in [7, 11) is 1.67. The number of piperidine rings is 1. The van der Waals surface area contributed by atoms with Crippen LogP contribution in [0.1, 0.15) is 35.4 Å². The van der Waals surface area contributed by atoms with Gasteiger partial charge in [0.1, 0.15) is 11.5 Å². The normalized spacial score (nSPS) is 18.1. The molecule has 2 heterocycles. The molecule has 0 bridgehead atoms. The summed E-state index contributed by atoms with van der Waals surface area (Å²) in [6.07, 6.45) is 1.85. The lowest BCUT2D eigenvalue weighted by Gasteiger charge is -2.30. The predicted molar refractivity (Wildman–Crippen MR) is 99.9 cm³/mol. The lowest BCUT2D eigenvalue weighted by atomic mass is 9.97. The molecule has 2 aromatic rings. The number of aryl methyl sites for hydroxylation is 1. The number of primary amides is 1. The number of likely N-dealkylation sites (tertiary alicyclic amines) is 1. The molecule has 3 rings (SSSR count). The second kappa shape index (κ2) is 7.50. The monoisotopic (exact) mass is 357 g/mol. The number of carbonyl (C=O) groups is 1. The molecule has 6 heteroatoms. The maximum absolute atomic E-state index is 11.5. The van der Waals surface area contributed by atoms with Gasteiger partial charge in [-0.2, -0.15) is 0 Å². The zero-order chi connectivity index (χ0) is 18.8. The highest BCUT2D eigenvalue weighted by molar-refractivity contribution is 5.76. The lowest BCUT2D eigenvalue weighted by Crippen LogP contribution is -2.40. The molecule has 26 heavy (non-hydrogen) atoms. The second-order valence-corrected chi connectivity index (χ2v) is 7.06. The van der Waals surface area contributed by atoms with Gasteiger partial charge in [-0.3, -0.25) is 9.69 Å². The maximum Gasteiger partial charge on any atom is 0.226 e. The molecule has 140 valence electrons. The molecule has 1 aliphatic heterocycles. The molecule has 1 saturated heterocycles. The number of nitrogens with two attached hydrogens (primary N) is 1. The predicted octanol–water partition coefficient (Wildman–Crippen LogP) is 2.97. The van der Waals surface area contributed by atoms with Crippen molar-refractivity contribution < 1.29 is 13.9 Å². The molecule has 0 spiro atoms. The number of hydrogen-bond acceptors (Lipinski definition) is 5. The maximum atomic E-state index is 11.5. The third-order valence-corrected chi connectivity index (χ3v) is 5.36. The van der Waals surface area contributed by atoms with E-state index in [1.165, 1.54) is 0 Å². The van der Waals surface area contributed by atoms with E-state index in [9.17, 15) is 4.79 Å². The van der Waals surface area contributed by atoms with Crippen LogP contribution >= 0.6 is 0 Å². The van der Waals surface area contributed by atoms with E-state index < -0.39 is 0 Å². The van der Waals surface area contributed by atoms with Gasteiger partial charge in [0.15, 0.2) is 0 Å². The minimum Gasteiger partial charge on any atom is -0.496 e. The van der Waals surface area contributed by atoms with Crippen molar-refractivity contribution in [3.8, 4) is 17.2 Å². The van der Waals surface area contributed by atoms with Gasteiger partial charge in [-0.15, -0.1) is 0 Å². The average Bonchev–Trinajstić information content (AvgIpc) is 2.97. The first-order valence-corrected chi connectivity index (χ1v) is 9.03. The quantitative estimate of drug-likeness (QED) is 0.890. The fourth-order valence-corrected chi connectivity index (χ4v) is 3.58. The van der Waals surface area contributed by atoms with Crippen molar-refractivity contribution in [2.24, 2.45) is 11.7 Å². The van der Waals surface area contributed by atoms with Crippen molar-refractivity contribution in [3.05, 3.63) is 34.7 Å². The summed E-state index contributed by atoms with van der Waals surface area (Å²) in [5, 5.41) is 0. The summed E-state index contributed by atoms with van der Waals surface area (Å²) in [6, 6.07) is 3.93. The third-order valence-electron chi connectivity index (χ3n) is 5.36. The minimum absolute atomic E-state index is 0.0677. The highest BCUT2D eigenvalue weighted by Crippen LogP contribution is 2.32. The Labute approximate surface area is 154 Å². The summed E-state index contributed by atoms with van der Waals surface area (Å²) >= 11 is 0. The molecule has 1 aliphatic rings. The van der Waals surface area contributed by atoms with Crippen molar-refractivity contribution in [3.63, 3.8) is 0 Å². The summed E-state index contributed by atoms with van der Waals surface area (Å²) in [5.74, 6) is 2.03. The summed E-state index contributed by atoms with van der Waals surface area (Å²) in [5.41, 5.74) is 9.56. The molecule has 1 amide bonds. The number of rotatable bonds is 5. The van der Waals surface area contributed by atoms with Crippen LogP contribution in [0.4, 0.5) is 0 Å². The standard InChI is InChI=1S/C20H27N3O3/c1-12-13(2)18(25-4)8-7-16(12)20-22-17(14(3)26-20)11-23-9-5-6-15(10-23)19(21)24/h7-8,15H,5-6,9-11H2,1-4H3,(H2,21,24)/t15-/m1/s1. The van der Waals surface area contributed by atoms with Crippen LogP contribution in [0.15, 0.2) is 16.5 Å². The second-order valence-electron chi connectivity index (χ2n) is 7.06. The van der Waals surface area contributed by atoms with E-state index >= 15 is 0 Å². The van der Waals surface area contributed by atoms with Gasteiger partial charge in [-0.1, -0.05) is 0 Å². The highest BCUT2D eigenvalue weighted by Gasteiger charge is 2.25. The zero-order valence-electron chi connectivity index (χ0n) is 16.0. The largest absolute Gasteiger partial charge is 0.496 e. The number of methoxy groups -OCH3 is 1. The number of ether oxygens (including phenoxy) is 1. The van der Waals surface area contributed by atoms with Crippen LogP contribution in [0.2, 0.25) is 0 Å². The smallest absolute Gasteiger partial charge is 0.226 e. The van der Waals surface area contributed by atoms with Crippen LogP contribution in [-0.4, -0.2) is 36.0 Å². The van der Waals surface area contributed by atoms with Crippen molar-refractivity contribution in [1.29, 1.82) is 0 Å². The van der Waals surface area contributed by atoms with Crippen molar-refractivity contribution >= 4 is 5.91 Å². The van der Waals surface area contributed by atoms with E-state index in [1.54, 1.807) is 7.11 Å². The van der Waals surface area contributed by atoms with Gasteiger partial charge in [0.2, 0.25) is 11.8 Å². The first-order valence-electron chi connectivity index (χ1n) is 9.03. The summed E-state index contributed by atoms with van der Waals surface area (Å²) < 4.78 is 11.3. The first-order chi connectivity index (χ1) is 12.4. The zero-order valence-corrected chi connectivity index (χ0v) is 16.0. The molecule has 0 aliphatic carbocycles. The Morgan fingerprint density at radius 1 is 1.35 bits per heavy atom. The van der Waals surface area contributed by atoms with E-state index in [0.717, 1.165) is 53.3 Å². The Morgan fingerprint density at radius 3 is 2.81 bits per heavy atom. The van der Waals surface area contributed by atoms with Crippen LogP contribution in [0, 0.1) is 26.7 Å². The van der Waals surface area contributed by atoms with E-state index in [2.05, 4.69) is 11.8 Å². The SMILES string of the molecule is COc1ccc(-c2nc(CN3CCC[C@@H](C(N)=O)C3)c(C)o2)c(C)c1C. The fourth-order valence-electron chi connectivity index (χ4n) is 3.58. The van der Waals surface area contributed by atoms with Crippen LogP contribution in [0.3, 0.4) is 0 Å². The molecular formula is C20H27N3O3. The number of benzene rings is 1. The van der Waals surface area contributed by atoms with E-state index in [-0.39, 0.29) is 11.8 Å². The molecular weight excluding hydrogens is 330 g/mol. The molecule has 0 radical (unpaired) electrons. The molecule has 0 unspecified atom stereocenters. The van der Waals surface area contributed by atoms with Crippen molar-refractivity contribution in [2.45, 2.75) is 40.2 Å². The molecule has 1 aromatic carbocycles. The van der Waals surface area contributed by atoms with E-state index in [4.69, 9.17) is 19.9 Å². The Kier molecular flexibility index (Phi) is 5.32. The number of carbonyl (C=O) groups excluding carboxylic acids is 1. The van der Waals surface area contributed by atoms with Crippen LogP contribution in [0.25, 0.3) is 11.5 Å². The summed E-state index contributed by atoms with van der Waals surface area (Å²) in [6.45, 7) is 8.34. The average molecular weight is 357 g/mol. The Bertz CT molecular complexity index is 813. The molecule has 1 atom stereocenters. The van der Waals surface area contributed by atoms with Crippen LogP contribution < -0.4 is 10.5 Å². The fraction of sp³-hybridized carbons (Fsp3) is 0.500. The number of nitrogens with zero attached hydrogens (tertiary/aromatic N) is 2. The Morgan fingerprint density at radius 2 is 2.12 bits per heavy atom. The van der Waals surface area contributed by atoms with E-state index in [0.29, 0.717) is 19.0 Å². The van der Waals surface area contributed by atoms with Crippen LogP contribution in [-0.2, 0) is 11.3 Å². The molecule has 2 N–H and O–H groups in total. The minimum atomic E-state index is -0.211. The topological polar surface area (TPSA) is 81.6 Å². The number of oxazole rings is 1. The number of hydrogen-bond donors (Lipinski definition) is 1. The lowest BCUT2D eigenvalue weighted by molar-refractivity contribution is -0.123. The highest BCUT2D eigenvalue weighted by atomic mass is 16.5. The molecule has 1 fully saturated rings. The van der Waals surface area contributed by atoms with E-state index in [1.807, 2.05) is 26.0 Å². The van der Waals surface area contributed by atoms with Crippen LogP contribution in [0.5, 0.6) is 5.75 Å². The summed E-state index contributed by atoms with van der Waals surface area (Å²) in [4.78, 5) is 18.5. The van der Waals surface area contributed by atoms with Crippen molar-refractivity contribution in [2.75, 3.05) is 20.2 Å². The van der Waals surface area contributed by atoms with Gasteiger partial charge < -0.3 is 14.9 Å². The number of aromatic nitrogens is 1. The first kappa shape index (κ1) is 18.5. The van der Waals surface area contributed by atoms with Gasteiger partial charge in [-0.25, -0.2) is 4.98 Å². The Balaban J connectivity index is 1.82. The van der Waals surface area contributed by atoms with Gasteiger partial charge in [0.25, 0.3) is 0 Å². The Hall–Kier alpha value is -2.34. The number of amides is 1. The molecule has 6 nitrogen and oxygen atoms in total. The van der Waals surface area contributed by atoms with Gasteiger partial charge in [0, 0.05) is 18.7 Å². The van der Waals surface area contributed by atoms with Gasteiger partial charge in [-0.05, 0) is 63.4 Å². The molecule has 0 saturated carbocycles. The third kappa shape index (κ3) is 3.60. The van der Waals surface area contributed by atoms with Gasteiger partial charge >= 0.3 is 0 Å². The molecule has 1 aromatic heterocycles. The van der Waals surface area contributed by atoms with Crippen molar-refractivity contribution in [1.82, 2.24) is 9.88 Å².